The number of aryl methyl sites for hydroxylation is 2. The summed E-state index contributed by atoms with van der Waals surface area (Å²) in [6, 6.07) is 14.1. The van der Waals surface area contributed by atoms with Crippen molar-refractivity contribution in [2.24, 2.45) is 0 Å². The van der Waals surface area contributed by atoms with Crippen LogP contribution >= 0.6 is 0 Å². The molecule has 2 rings (SSSR count). The Bertz CT molecular complexity index is 888. The van der Waals surface area contributed by atoms with Crippen molar-refractivity contribution in [3.8, 4) is 11.8 Å². The predicted molar refractivity (Wildman–Crippen MR) is 93.4 cm³/mol. The van der Waals surface area contributed by atoms with E-state index in [-0.39, 0.29) is 17.2 Å². The van der Waals surface area contributed by atoms with Gasteiger partial charge in [0, 0.05) is 6.54 Å². The molecule has 0 saturated carbocycles. The largest absolute Gasteiger partial charge is 0.507 e. The molecule has 0 aliphatic carbocycles. The molecule has 0 spiro atoms. The second kappa shape index (κ2) is 7.30. The van der Waals surface area contributed by atoms with Crippen LogP contribution in [-0.2, 0) is 16.6 Å². The van der Waals surface area contributed by atoms with Crippen LogP contribution in [0.4, 0.5) is 0 Å². The number of nitrogens with one attached hydrogen (secondary N) is 1. The van der Waals surface area contributed by atoms with Crippen molar-refractivity contribution in [3.63, 3.8) is 0 Å². The summed E-state index contributed by atoms with van der Waals surface area (Å²) in [6.45, 7) is 3.54. The third-order valence-electron chi connectivity index (χ3n) is 3.52. The van der Waals surface area contributed by atoms with Gasteiger partial charge >= 0.3 is 0 Å². The minimum atomic E-state index is -3.92. The first-order valence-corrected chi connectivity index (χ1v) is 8.77. The number of hydrogen-bond acceptors (Lipinski definition) is 4. The van der Waals surface area contributed by atoms with E-state index in [2.05, 4.69) is 4.72 Å². The molecule has 2 N–H and O–H groups in total. The van der Waals surface area contributed by atoms with Crippen LogP contribution < -0.4 is 4.72 Å². The molecule has 0 radical (unpaired) electrons. The normalized spacial score (nSPS) is 12.0. The van der Waals surface area contributed by atoms with Gasteiger partial charge in [-0.25, -0.2) is 13.1 Å². The van der Waals surface area contributed by atoms with E-state index in [0.29, 0.717) is 16.7 Å². The Labute approximate surface area is 141 Å². The topological polar surface area (TPSA) is 90.2 Å². The van der Waals surface area contributed by atoms with Crippen LogP contribution in [0, 0.1) is 25.2 Å². The predicted octanol–water partition coefficient (Wildman–Crippen LogP) is 2.99. The molecule has 0 fully saturated rings. The monoisotopic (exact) mass is 342 g/mol. The standard InChI is InChI=1S/C18H18N2O3S/c1-13-8-16(9-14(2)18(13)21)10-17(11-19)24(22,23)20-12-15-6-4-3-5-7-15/h3-10,20-21H,12H2,1-2H3/b17-10-. The Morgan fingerprint density at radius 3 is 2.33 bits per heavy atom. The molecule has 24 heavy (non-hydrogen) atoms. The summed E-state index contributed by atoms with van der Waals surface area (Å²) >= 11 is 0. The number of phenolic OH excluding ortho intramolecular Hbond substituents is 1. The second-order valence-electron chi connectivity index (χ2n) is 5.43. The first-order valence-electron chi connectivity index (χ1n) is 7.29. The fourth-order valence-electron chi connectivity index (χ4n) is 2.25. The molecule has 2 aromatic carbocycles. The van der Waals surface area contributed by atoms with Crippen molar-refractivity contribution in [3.05, 3.63) is 69.6 Å². The van der Waals surface area contributed by atoms with Gasteiger partial charge in [-0.1, -0.05) is 30.3 Å². The van der Waals surface area contributed by atoms with Gasteiger partial charge in [0.05, 0.1) is 0 Å². The molecular formula is C18H18N2O3S. The number of aromatic hydroxyl groups is 1. The molecule has 0 aliphatic rings. The van der Waals surface area contributed by atoms with Crippen molar-refractivity contribution in [2.45, 2.75) is 20.4 Å². The van der Waals surface area contributed by atoms with Gasteiger partial charge in [-0.2, -0.15) is 5.26 Å². The minimum absolute atomic E-state index is 0.107. The zero-order valence-corrected chi connectivity index (χ0v) is 14.3. The van der Waals surface area contributed by atoms with Crippen LogP contribution in [0.5, 0.6) is 5.75 Å². The van der Waals surface area contributed by atoms with Crippen LogP contribution in [0.15, 0.2) is 47.4 Å². The summed E-state index contributed by atoms with van der Waals surface area (Å²) in [4.78, 5) is -0.372. The molecule has 0 amide bonds. The van der Waals surface area contributed by atoms with Gasteiger partial charge in [0.15, 0.2) is 4.91 Å². The molecule has 0 heterocycles. The maximum atomic E-state index is 12.3. The highest BCUT2D eigenvalue weighted by Crippen LogP contribution is 2.24. The molecular weight excluding hydrogens is 324 g/mol. The molecule has 5 nitrogen and oxygen atoms in total. The average molecular weight is 342 g/mol. The SMILES string of the molecule is Cc1cc(/C=C(/C#N)S(=O)(=O)NCc2ccccc2)cc(C)c1O. The summed E-state index contributed by atoms with van der Waals surface area (Å²) in [6.07, 6.45) is 1.30. The fourth-order valence-corrected chi connectivity index (χ4v) is 3.17. The van der Waals surface area contributed by atoms with Gasteiger partial charge in [0.1, 0.15) is 11.8 Å². The molecule has 0 bridgehead atoms. The number of nitrogens with zero attached hydrogens (tertiary/aromatic N) is 1. The van der Waals surface area contributed by atoms with E-state index in [1.54, 1.807) is 44.2 Å². The Morgan fingerprint density at radius 1 is 1.21 bits per heavy atom. The number of sulfonamides is 1. The molecule has 0 atom stereocenters. The molecule has 2 aromatic rings. The lowest BCUT2D eigenvalue weighted by Gasteiger charge is -2.07. The zero-order valence-electron chi connectivity index (χ0n) is 13.4. The lowest BCUT2D eigenvalue weighted by Crippen LogP contribution is -2.24. The minimum Gasteiger partial charge on any atom is -0.507 e. The van der Waals surface area contributed by atoms with Gasteiger partial charge in [0.2, 0.25) is 0 Å². The molecule has 0 aliphatic heterocycles. The molecule has 6 heteroatoms. The number of rotatable bonds is 5. The second-order valence-corrected chi connectivity index (χ2v) is 7.17. The van der Waals surface area contributed by atoms with Crippen molar-refractivity contribution in [1.29, 1.82) is 5.26 Å². The van der Waals surface area contributed by atoms with E-state index in [1.165, 1.54) is 6.08 Å². The van der Waals surface area contributed by atoms with Crippen LogP contribution in [0.1, 0.15) is 22.3 Å². The number of benzene rings is 2. The maximum Gasteiger partial charge on any atom is 0.251 e. The van der Waals surface area contributed by atoms with E-state index >= 15 is 0 Å². The average Bonchev–Trinajstić information content (AvgIpc) is 2.56. The van der Waals surface area contributed by atoms with Crippen molar-refractivity contribution in [1.82, 2.24) is 4.72 Å². The first kappa shape index (κ1) is 17.7. The van der Waals surface area contributed by atoms with Crippen LogP contribution in [0.3, 0.4) is 0 Å². The lowest BCUT2D eigenvalue weighted by atomic mass is 10.1. The quantitative estimate of drug-likeness (QED) is 0.817. The summed E-state index contributed by atoms with van der Waals surface area (Å²) < 4.78 is 27.1. The Hall–Kier alpha value is -2.62. The van der Waals surface area contributed by atoms with Gasteiger partial charge in [-0.05, 0) is 54.3 Å². The lowest BCUT2D eigenvalue weighted by molar-refractivity contribution is 0.467. The number of allylic oxidation sites excluding steroid dienone is 1. The Kier molecular flexibility index (Phi) is 5.39. The van der Waals surface area contributed by atoms with Crippen molar-refractivity contribution < 1.29 is 13.5 Å². The van der Waals surface area contributed by atoms with Gasteiger partial charge in [-0.3, -0.25) is 0 Å². The number of phenols is 1. The van der Waals surface area contributed by atoms with Crippen LogP contribution in [0.2, 0.25) is 0 Å². The van der Waals surface area contributed by atoms with E-state index in [4.69, 9.17) is 0 Å². The summed E-state index contributed by atoms with van der Waals surface area (Å²) in [5, 5.41) is 19.0. The molecule has 124 valence electrons. The number of hydrogen-bond donors (Lipinski definition) is 2. The van der Waals surface area contributed by atoms with Crippen molar-refractivity contribution in [2.75, 3.05) is 0 Å². The third-order valence-corrected chi connectivity index (χ3v) is 4.83. The molecule has 0 unspecified atom stereocenters. The van der Waals surface area contributed by atoms with Crippen LogP contribution in [0.25, 0.3) is 6.08 Å². The first-order chi connectivity index (χ1) is 11.3. The van der Waals surface area contributed by atoms with Gasteiger partial charge < -0.3 is 5.11 Å². The summed E-state index contributed by atoms with van der Waals surface area (Å²) in [5.41, 5.74) is 2.58. The zero-order chi connectivity index (χ0) is 17.7. The van der Waals surface area contributed by atoms with E-state index in [9.17, 15) is 18.8 Å². The highest BCUT2D eigenvalue weighted by Gasteiger charge is 2.17. The van der Waals surface area contributed by atoms with E-state index < -0.39 is 10.0 Å². The Balaban J connectivity index is 2.28. The van der Waals surface area contributed by atoms with Crippen LogP contribution in [-0.4, -0.2) is 13.5 Å². The maximum absolute atomic E-state index is 12.3. The van der Waals surface area contributed by atoms with Crippen molar-refractivity contribution >= 4 is 16.1 Å². The highest BCUT2D eigenvalue weighted by atomic mass is 32.2. The van der Waals surface area contributed by atoms with E-state index in [0.717, 1.165) is 5.56 Å². The van der Waals surface area contributed by atoms with Gasteiger partial charge in [-0.15, -0.1) is 0 Å². The highest BCUT2D eigenvalue weighted by molar-refractivity contribution is 7.93. The van der Waals surface area contributed by atoms with E-state index in [1.807, 2.05) is 18.2 Å². The molecule has 0 saturated heterocycles. The number of nitriles is 1. The summed E-state index contributed by atoms with van der Waals surface area (Å²) in [5.74, 6) is 0.163. The third kappa shape index (κ3) is 4.22. The summed E-state index contributed by atoms with van der Waals surface area (Å²) in [7, 11) is -3.92. The smallest absolute Gasteiger partial charge is 0.251 e. The Morgan fingerprint density at radius 2 is 1.79 bits per heavy atom. The van der Waals surface area contributed by atoms with Gasteiger partial charge in [0.25, 0.3) is 10.0 Å². The fraction of sp³-hybridized carbons (Fsp3) is 0.167. The molecule has 0 aromatic heterocycles.